The van der Waals surface area contributed by atoms with E-state index >= 15 is 0 Å². The van der Waals surface area contributed by atoms with Gasteiger partial charge in [-0.1, -0.05) is 13.3 Å². The quantitative estimate of drug-likeness (QED) is 0.571. The lowest BCUT2D eigenvalue weighted by Crippen LogP contribution is -2.37. The molecule has 1 saturated carbocycles. The number of rotatable bonds is 6. The highest BCUT2D eigenvalue weighted by Gasteiger charge is 2.26. The third kappa shape index (κ3) is 5.04. The molecule has 0 aromatic rings. The third-order valence-corrected chi connectivity index (χ3v) is 3.47. The maximum Gasteiger partial charge on any atom is 0.323 e. The van der Waals surface area contributed by atoms with E-state index in [0.29, 0.717) is 18.9 Å². The molecule has 0 bridgehead atoms. The van der Waals surface area contributed by atoms with Gasteiger partial charge in [0.2, 0.25) is 0 Å². The zero-order valence-corrected chi connectivity index (χ0v) is 11.0. The van der Waals surface area contributed by atoms with Crippen molar-refractivity contribution in [1.82, 2.24) is 0 Å². The molecule has 4 nitrogen and oxygen atoms in total. The number of carbonyl (C=O) groups is 1. The van der Waals surface area contributed by atoms with Gasteiger partial charge in [-0.2, -0.15) is 0 Å². The molecule has 0 aromatic heterocycles. The average Bonchev–Trinajstić information content (AvgIpc) is 2.32. The molecule has 1 aliphatic rings. The van der Waals surface area contributed by atoms with Gasteiger partial charge in [-0.25, -0.2) is 0 Å². The first kappa shape index (κ1) is 14.5. The van der Waals surface area contributed by atoms with E-state index in [4.69, 9.17) is 15.2 Å². The second kappa shape index (κ2) is 7.67. The number of carbonyl (C=O) groups excluding carboxylic acids is 1. The highest BCUT2D eigenvalue weighted by Crippen LogP contribution is 2.26. The average molecular weight is 243 g/mol. The Bertz CT molecular complexity index is 233. The number of ether oxygens (including phenoxy) is 2. The Morgan fingerprint density at radius 2 is 2.12 bits per heavy atom. The van der Waals surface area contributed by atoms with Gasteiger partial charge in [0, 0.05) is 13.7 Å². The van der Waals surface area contributed by atoms with Crippen molar-refractivity contribution < 1.29 is 14.3 Å². The zero-order valence-electron chi connectivity index (χ0n) is 11.0. The molecule has 0 aromatic carbocycles. The van der Waals surface area contributed by atoms with Crippen molar-refractivity contribution in [2.45, 2.75) is 57.6 Å². The van der Waals surface area contributed by atoms with E-state index in [1.165, 1.54) is 6.42 Å². The summed E-state index contributed by atoms with van der Waals surface area (Å²) in [6, 6.07) is -0.501. The molecular formula is C13H25NO3. The van der Waals surface area contributed by atoms with Crippen LogP contribution in [-0.2, 0) is 14.3 Å². The fourth-order valence-corrected chi connectivity index (χ4v) is 2.26. The van der Waals surface area contributed by atoms with E-state index in [-0.39, 0.29) is 12.1 Å². The Morgan fingerprint density at radius 1 is 1.41 bits per heavy atom. The molecule has 0 saturated heterocycles. The first-order valence-corrected chi connectivity index (χ1v) is 6.60. The largest absolute Gasteiger partial charge is 0.461 e. The van der Waals surface area contributed by atoms with Crippen LogP contribution in [0.5, 0.6) is 0 Å². The Balaban J connectivity index is 2.26. The summed E-state index contributed by atoms with van der Waals surface area (Å²) in [6.45, 7) is 2.79. The minimum atomic E-state index is -0.501. The van der Waals surface area contributed by atoms with Crippen LogP contribution in [0.4, 0.5) is 0 Å². The van der Waals surface area contributed by atoms with Gasteiger partial charge in [0.1, 0.15) is 12.1 Å². The van der Waals surface area contributed by atoms with Gasteiger partial charge in [0.05, 0.1) is 0 Å². The number of esters is 1. The van der Waals surface area contributed by atoms with Crippen LogP contribution in [0.15, 0.2) is 0 Å². The summed E-state index contributed by atoms with van der Waals surface area (Å²) < 4.78 is 10.4. The molecule has 0 heterocycles. The molecule has 3 atom stereocenters. The van der Waals surface area contributed by atoms with Crippen LogP contribution in [0.2, 0.25) is 0 Å². The van der Waals surface area contributed by atoms with Crippen molar-refractivity contribution in [2.24, 2.45) is 11.7 Å². The van der Waals surface area contributed by atoms with Crippen molar-refractivity contribution in [3.05, 3.63) is 0 Å². The Hall–Kier alpha value is -0.610. The van der Waals surface area contributed by atoms with Crippen LogP contribution >= 0.6 is 0 Å². The number of hydrogen-bond donors (Lipinski definition) is 1. The summed E-state index contributed by atoms with van der Waals surface area (Å²) in [7, 11) is 1.65. The predicted molar refractivity (Wildman–Crippen MR) is 66.6 cm³/mol. The third-order valence-electron chi connectivity index (χ3n) is 3.47. The molecule has 17 heavy (non-hydrogen) atoms. The normalized spacial score (nSPS) is 26.5. The summed E-state index contributed by atoms with van der Waals surface area (Å²) in [4.78, 5) is 11.8. The number of nitrogens with two attached hydrogens (primary N) is 1. The molecule has 4 heteroatoms. The van der Waals surface area contributed by atoms with E-state index < -0.39 is 6.04 Å². The number of hydrogen-bond acceptors (Lipinski definition) is 4. The molecule has 0 spiro atoms. The van der Waals surface area contributed by atoms with Gasteiger partial charge in [-0.15, -0.1) is 0 Å². The molecule has 0 amide bonds. The monoisotopic (exact) mass is 243 g/mol. The van der Waals surface area contributed by atoms with Crippen LogP contribution in [0, 0.1) is 5.92 Å². The maximum atomic E-state index is 11.8. The predicted octanol–water partition coefficient (Wildman–Crippen LogP) is 1.86. The summed E-state index contributed by atoms with van der Waals surface area (Å²) in [5.74, 6) is 0.221. The summed E-state index contributed by atoms with van der Waals surface area (Å²) in [5.41, 5.74) is 5.79. The molecule has 100 valence electrons. The van der Waals surface area contributed by atoms with Crippen LogP contribution in [0.3, 0.4) is 0 Å². The fraction of sp³-hybridized carbons (Fsp3) is 0.923. The van der Waals surface area contributed by atoms with Crippen molar-refractivity contribution >= 4 is 5.97 Å². The van der Waals surface area contributed by atoms with Gasteiger partial charge in [0.15, 0.2) is 0 Å². The van der Waals surface area contributed by atoms with E-state index in [9.17, 15) is 4.79 Å². The standard InChI is InChI=1S/C13H25NO3/c1-10-6-3-4-8-12(10)17-13(15)11(14)7-5-9-16-2/h10-12H,3-9,14H2,1-2H3. The van der Waals surface area contributed by atoms with E-state index in [0.717, 1.165) is 25.7 Å². The van der Waals surface area contributed by atoms with E-state index in [2.05, 4.69) is 6.92 Å². The van der Waals surface area contributed by atoms with E-state index in [1.54, 1.807) is 7.11 Å². The zero-order chi connectivity index (χ0) is 12.7. The number of methoxy groups -OCH3 is 1. The molecule has 3 unspecified atom stereocenters. The van der Waals surface area contributed by atoms with Gasteiger partial charge in [-0.05, 0) is 38.0 Å². The van der Waals surface area contributed by atoms with E-state index in [1.807, 2.05) is 0 Å². The minimum absolute atomic E-state index is 0.0738. The molecule has 0 radical (unpaired) electrons. The SMILES string of the molecule is COCCCC(N)C(=O)OC1CCCCC1C. The lowest BCUT2D eigenvalue weighted by molar-refractivity contribution is -0.155. The highest BCUT2D eigenvalue weighted by molar-refractivity contribution is 5.75. The van der Waals surface area contributed by atoms with Gasteiger partial charge in [-0.3, -0.25) is 4.79 Å². The fourth-order valence-electron chi connectivity index (χ4n) is 2.26. The van der Waals surface area contributed by atoms with Gasteiger partial charge >= 0.3 is 5.97 Å². The topological polar surface area (TPSA) is 61.5 Å². The Labute approximate surface area is 104 Å². The van der Waals surface area contributed by atoms with Crippen LogP contribution in [0.25, 0.3) is 0 Å². The molecule has 2 N–H and O–H groups in total. The lowest BCUT2D eigenvalue weighted by atomic mass is 9.88. The van der Waals surface area contributed by atoms with Crippen LogP contribution < -0.4 is 5.73 Å². The second-order valence-electron chi connectivity index (χ2n) is 4.98. The van der Waals surface area contributed by atoms with Crippen LogP contribution in [-0.4, -0.2) is 31.8 Å². The smallest absolute Gasteiger partial charge is 0.323 e. The van der Waals surface area contributed by atoms with Gasteiger partial charge < -0.3 is 15.2 Å². The van der Waals surface area contributed by atoms with Crippen molar-refractivity contribution in [1.29, 1.82) is 0 Å². The van der Waals surface area contributed by atoms with Crippen molar-refractivity contribution in [3.8, 4) is 0 Å². The molecule has 1 rings (SSSR count). The van der Waals surface area contributed by atoms with Crippen molar-refractivity contribution in [2.75, 3.05) is 13.7 Å². The Morgan fingerprint density at radius 3 is 2.76 bits per heavy atom. The lowest BCUT2D eigenvalue weighted by Gasteiger charge is -2.29. The molecule has 1 fully saturated rings. The second-order valence-corrected chi connectivity index (χ2v) is 4.98. The Kier molecular flexibility index (Phi) is 6.52. The summed E-state index contributed by atoms with van der Waals surface area (Å²) >= 11 is 0. The first-order chi connectivity index (χ1) is 8.15. The molecule has 0 aliphatic heterocycles. The summed E-state index contributed by atoms with van der Waals surface area (Å²) in [6.07, 6.45) is 6.04. The first-order valence-electron chi connectivity index (χ1n) is 6.60. The summed E-state index contributed by atoms with van der Waals surface area (Å²) in [5, 5.41) is 0. The van der Waals surface area contributed by atoms with Gasteiger partial charge in [0.25, 0.3) is 0 Å². The molecule has 1 aliphatic carbocycles. The minimum Gasteiger partial charge on any atom is -0.461 e. The van der Waals surface area contributed by atoms with Crippen molar-refractivity contribution in [3.63, 3.8) is 0 Å². The maximum absolute atomic E-state index is 11.8. The van der Waals surface area contributed by atoms with Crippen LogP contribution in [0.1, 0.15) is 45.4 Å². The molecular weight excluding hydrogens is 218 g/mol. The highest BCUT2D eigenvalue weighted by atomic mass is 16.5.